The van der Waals surface area contributed by atoms with Crippen LogP contribution in [0.25, 0.3) is 0 Å². The van der Waals surface area contributed by atoms with Crippen LogP contribution >= 0.6 is 11.8 Å². The average Bonchev–Trinajstić information content (AvgIpc) is 2.77. The van der Waals surface area contributed by atoms with Gasteiger partial charge >= 0.3 is 0 Å². The third-order valence-electron chi connectivity index (χ3n) is 4.96. The maximum atomic E-state index is 10.7. The largest absolute Gasteiger partial charge is 0.390 e. The van der Waals surface area contributed by atoms with Crippen molar-refractivity contribution in [2.75, 3.05) is 0 Å². The van der Waals surface area contributed by atoms with Gasteiger partial charge in [-0.25, -0.2) is 0 Å². The Morgan fingerprint density at radius 1 is 0.950 bits per heavy atom. The molecule has 2 bridgehead atoms. The van der Waals surface area contributed by atoms with Gasteiger partial charge in [0.1, 0.15) is 0 Å². The van der Waals surface area contributed by atoms with E-state index >= 15 is 0 Å². The number of hydrogen-bond acceptors (Lipinski definition) is 2. The van der Waals surface area contributed by atoms with Crippen molar-refractivity contribution in [1.82, 2.24) is 0 Å². The molecule has 0 aromatic heterocycles. The molecular weight excluding hydrogens is 264 g/mol. The van der Waals surface area contributed by atoms with Crippen molar-refractivity contribution in [3.8, 4) is 0 Å². The first-order chi connectivity index (χ1) is 9.72. The number of rotatable bonds is 10. The molecule has 2 saturated heterocycles. The van der Waals surface area contributed by atoms with Gasteiger partial charge in [-0.2, -0.15) is 11.8 Å². The minimum atomic E-state index is -0.305. The van der Waals surface area contributed by atoms with Crippen LogP contribution < -0.4 is 0 Å². The van der Waals surface area contributed by atoms with Crippen LogP contribution in [0.4, 0.5) is 0 Å². The van der Waals surface area contributed by atoms with Gasteiger partial charge in [0.25, 0.3) is 0 Å². The molecule has 1 nitrogen and oxygen atoms in total. The summed E-state index contributed by atoms with van der Waals surface area (Å²) >= 11 is 2.14. The van der Waals surface area contributed by atoms with E-state index in [1.165, 1.54) is 64.2 Å². The van der Waals surface area contributed by atoms with Gasteiger partial charge in [0.15, 0.2) is 0 Å². The monoisotopic (exact) mass is 296 g/mol. The van der Waals surface area contributed by atoms with Crippen LogP contribution in [0.5, 0.6) is 0 Å². The van der Waals surface area contributed by atoms with E-state index in [9.17, 15) is 5.11 Å². The molecule has 2 atom stereocenters. The number of fused-ring (bicyclic) bond motifs is 2. The topological polar surface area (TPSA) is 20.2 Å². The first-order valence-electron chi connectivity index (χ1n) is 8.71. The summed E-state index contributed by atoms with van der Waals surface area (Å²) in [7, 11) is 0. The predicted octanol–water partition coefficient (Wildman–Crippen LogP) is 5.47. The molecule has 20 heavy (non-hydrogen) atoms. The quantitative estimate of drug-likeness (QED) is 0.426. The molecule has 1 N–H and O–H groups in total. The molecule has 0 aliphatic carbocycles. The second kappa shape index (κ2) is 8.48. The Morgan fingerprint density at radius 3 is 2.10 bits per heavy atom. The summed E-state index contributed by atoms with van der Waals surface area (Å²) < 4.78 is 0. The predicted molar refractivity (Wildman–Crippen MR) is 90.3 cm³/mol. The molecule has 0 aromatic rings. The molecule has 2 rings (SSSR count). The summed E-state index contributed by atoms with van der Waals surface area (Å²) in [5.74, 6) is 0. The van der Waals surface area contributed by atoms with Crippen molar-refractivity contribution in [2.24, 2.45) is 0 Å². The average molecular weight is 297 g/mol. The lowest BCUT2D eigenvalue weighted by Gasteiger charge is -2.36. The minimum Gasteiger partial charge on any atom is -0.390 e. The summed E-state index contributed by atoms with van der Waals surface area (Å²) in [5.41, 5.74) is -0.305. The number of thioether (sulfide) groups is 1. The van der Waals surface area contributed by atoms with Crippen LogP contribution in [0.2, 0.25) is 0 Å². The second-order valence-corrected chi connectivity index (χ2v) is 8.50. The Balaban J connectivity index is 1.47. The van der Waals surface area contributed by atoms with E-state index < -0.39 is 0 Å². The second-order valence-electron chi connectivity index (χ2n) is 6.89. The highest BCUT2D eigenvalue weighted by Crippen LogP contribution is 2.48. The molecule has 2 fully saturated rings. The first kappa shape index (κ1) is 16.4. The van der Waals surface area contributed by atoms with Crippen molar-refractivity contribution >= 4 is 11.8 Å². The minimum absolute atomic E-state index is 0.305. The SMILES string of the molecule is C=CCCCCCCCCCC1(O)CC2CCC(C1)S2. The van der Waals surface area contributed by atoms with Gasteiger partial charge in [-0.05, 0) is 44.9 Å². The van der Waals surface area contributed by atoms with Gasteiger partial charge in [-0.1, -0.05) is 44.6 Å². The van der Waals surface area contributed by atoms with Crippen molar-refractivity contribution < 1.29 is 5.11 Å². The maximum absolute atomic E-state index is 10.7. The van der Waals surface area contributed by atoms with E-state index in [4.69, 9.17) is 0 Å². The summed E-state index contributed by atoms with van der Waals surface area (Å²) in [6.45, 7) is 3.76. The van der Waals surface area contributed by atoms with Crippen LogP contribution in [-0.4, -0.2) is 21.2 Å². The van der Waals surface area contributed by atoms with E-state index in [0.29, 0.717) is 0 Å². The van der Waals surface area contributed by atoms with Crippen LogP contribution in [0.3, 0.4) is 0 Å². The molecule has 2 aliphatic rings. The van der Waals surface area contributed by atoms with Gasteiger partial charge in [0, 0.05) is 10.5 Å². The fourth-order valence-electron chi connectivity index (χ4n) is 3.84. The first-order valence-corrected chi connectivity index (χ1v) is 9.65. The van der Waals surface area contributed by atoms with E-state index in [1.807, 2.05) is 6.08 Å². The fraction of sp³-hybridized carbons (Fsp3) is 0.889. The standard InChI is InChI=1S/C18H32OS/c1-2-3-4-5-6-7-8-9-10-13-18(19)14-16-11-12-17(15-18)20-16/h2,16-17,19H,1,3-15H2. The maximum Gasteiger partial charge on any atom is 0.0668 e. The smallest absolute Gasteiger partial charge is 0.0668 e. The molecule has 2 unspecified atom stereocenters. The zero-order valence-corrected chi connectivity index (χ0v) is 13.8. The highest BCUT2D eigenvalue weighted by atomic mass is 32.2. The molecule has 0 radical (unpaired) electrons. The Kier molecular flexibility index (Phi) is 6.96. The molecule has 2 heterocycles. The van der Waals surface area contributed by atoms with Crippen LogP contribution in [0.15, 0.2) is 12.7 Å². The van der Waals surface area contributed by atoms with Crippen molar-refractivity contribution in [2.45, 2.75) is 99.6 Å². The molecule has 0 aromatic carbocycles. The Labute approximate surface area is 129 Å². The molecule has 0 amide bonds. The van der Waals surface area contributed by atoms with Crippen LogP contribution in [0.1, 0.15) is 83.5 Å². The molecule has 0 spiro atoms. The lowest BCUT2D eigenvalue weighted by molar-refractivity contribution is 0.0130. The zero-order chi connectivity index (χ0) is 14.3. The van der Waals surface area contributed by atoms with Crippen LogP contribution in [-0.2, 0) is 0 Å². The third kappa shape index (κ3) is 5.44. The van der Waals surface area contributed by atoms with Crippen molar-refractivity contribution in [3.63, 3.8) is 0 Å². The van der Waals surface area contributed by atoms with E-state index in [0.717, 1.165) is 29.8 Å². The van der Waals surface area contributed by atoms with E-state index in [2.05, 4.69) is 18.3 Å². The Hall–Kier alpha value is 0.0500. The summed E-state index contributed by atoms with van der Waals surface area (Å²) in [4.78, 5) is 0. The third-order valence-corrected chi connectivity index (χ3v) is 6.54. The molecule has 116 valence electrons. The lowest BCUT2D eigenvalue weighted by Crippen LogP contribution is -2.37. The molecule has 2 aliphatic heterocycles. The summed E-state index contributed by atoms with van der Waals surface area (Å²) in [6.07, 6.45) is 18.4. The Morgan fingerprint density at radius 2 is 1.50 bits per heavy atom. The number of hydrogen-bond donors (Lipinski definition) is 1. The fourth-order valence-corrected chi connectivity index (χ4v) is 5.74. The number of allylic oxidation sites excluding steroid dienone is 1. The van der Waals surface area contributed by atoms with E-state index in [-0.39, 0.29) is 5.60 Å². The molecule has 0 saturated carbocycles. The summed E-state index contributed by atoms with van der Waals surface area (Å²) in [5, 5.41) is 12.3. The molecular formula is C18H32OS. The normalized spacial score (nSPS) is 32.5. The van der Waals surface area contributed by atoms with Gasteiger partial charge in [0.2, 0.25) is 0 Å². The lowest BCUT2D eigenvalue weighted by atomic mass is 9.87. The number of unbranched alkanes of at least 4 members (excludes halogenated alkanes) is 7. The molecule has 2 heteroatoms. The van der Waals surface area contributed by atoms with Crippen LogP contribution in [0, 0.1) is 0 Å². The summed E-state index contributed by atoms with van der Waals surface area (Å²) in [6, 6.07) is 0. The zero-order valence-electron chi connectivity index (χ0n) is 13.0. The van der Waals surface area contributed by atoms with Gasteiger partial charge in [-0.3, -0.25) is 0 Å². The highest BCUT2D eigenvalue weighted by Gasteiger charge is 2.42. The highest BCUT2D eigenvalue weighted by molar-refractivity contribution is 8.00. The van der Waals surface area contributed by atoms with E-state index in [1.54, 1.807) is 0 Å². The Bertz CT molecular complexity index is 277. The van der Waals surface area contributed by atoms with Crippen molar-refractivity contribution in [3.05, 3.63) is 12.7 Å². The number of aliphatic hydroxyl groups is 1. The van der Waals surface area contributed by atoms with Gasteiger partial charge in [0.05, 0.1) is 5.60 Å². The van der Waals surface area contributed by atoms with Gasteiger partial charge < -0.3 is 5.11 Å². The van der Waals surface area contributed by atoms with Crippen molar-refractivity contribution in [1.29, 1.82) is 0 Å². The van der Waals surface area contributed by atoms with Gasteiger partial charge in [-0.15, -0.1) is 6.58 Å².